The summed E-state index contributed by atoms with van der Waals surface area (Å²) in [5.41, 5.74) is 3.55. The first-order valence-corrected chi connectivity index (χ1v) is 8.10. The molecule has 2 heterocycles. The van der Waals surface area contributed by atoms with Gasteiger partial charge in [0.25, 0.3) is 5.91 Å². The van der Waals surface area contributed by atoms with Crippen LogP contribution in [0.4, 0.5) is 5.69 Å². The molecule has 2 aromatic heterocycles. The second kappa shape index (κ2) is 6.68. The lowest BCUT2D eigenvalue weighted by Crippen LogP contribution is -2.13. The van der Waals surface area contributed by atoms with Crippen molar-refractivity contribution in [2.45, 2.75) is 0 Å². The van der Waals surface area contributed by atoms with Gasteiger partial charge in [-0.05, 0) is 42.5 Å². The summed E-state index contributed by atoms with van der Waals surface area (Å²) in [6, 6.07) is 18.3. The molecular weight excluding hydrogens is 328 g/mol. The minimum Gasteiger partial charge on any atom is -0.496 e. The molecule has 0 saturated carbocycles. The number of nitrogens with zero attached hydrogens (tertiary/aromatic N) is 2. The standard InChI is InChI=1S/C20H16N4O2/c1-26-18-8-3-2-6-14(18)20(25)22-13-9-10-15-17(12-13)24-19(23-15)16-7-4-5-11-21-16/h2-12H,1H3,(H,22,25)(H,23,24). The molecule has 0 saturated heterocycles. The van der Waals surface area contributed by atoms with Crippen molar-refractivity contribution < 1.29 is 9.53 Å². The number of hydrogen-bond donors (Lipinski definition) is 2. The molecule has 6 heteroatoms. The monoisotopic (exact) mass is 344 g/mol. The average Bonchev–Trinajstić information content (AvgIpc) is 3.12. The summed E-state index contributed by atoms with van der Waals surface area (Å²) < 4.78 is 5.24. The normalized spacial score (nSPS) is 10.7. The highest BCUT2D eigenvalue weighted by atomic mass is 16.5. The van der Waals surface area contributed by atoms with Gasteiger partial charge in [0.05, 0.1) is 23.7 Å². The SMILES string of the molecule is COc1ccccc1C(=O)Nc1ccc2nc(-c3ccccn3)[nH]c2c1. The Hall–Kier alpha value is -3.67. The number of nitrogens with one attached hydrogen (secondary N) is 2. The average molecular weight is 344 g/mol. The number of amides is 1. The third-order valence-corrected chi connectivity index (χ3v) is 4.00. The van der Waals surface area contributed by atoms with E-state index in [0.29, 0.717) is 22.8 Å². The lowest BCUT2D eigenvalue weighted by atomic mass is 10.2. The molecule has 4 rings (SSSR count). The van der Waals surface area contributed by atoms with Crippen LogP contribution in [0, 0.1) is 0 Å². The van der Waals surface area contributed by atoms with Gasteiger partial charge in [0.1, 0.15) is 11.4 Å². The van der Waals surface area contributed by atoms with Crippen LogP contribution in [0.25, 0.3) is 22.6 Å². The Bertz CT molecular complexity index is 1070. The number of para-hydroxylation sites is 1. The van der Waals surface area contributed by atoms with Gasteiger partial charge in [-0.15, -0.1) is 0 Å². The van der Waals surface area contributed by atoms with Gasteiger partial charge in [0, 0.05) is 11.9 Å². The molecule has 0 aliphatic heterocycles. The maximum Gasteiger partial charge on any atom is 0.259 e. The molecule has 0 bridgehead atoms. The summed E-state index contributed by atoms with van der Waals surface area (Å²) in [5.74, 6) is 0.991. The van der Waals surface area contributed by atoms with Crippen molar-refractivity contribution in [3.8, 4) is 17.3 Å². The highest BCUT2D eigenvalue weighted by Crippen LogP contribution is 2.23. The first-order chi connectivity index (χ1) is 12.7. The summed E-state index contributed by atoms with van der Waals surface area (Å²) in [4.78, 5) is 24.6. The molecule has 0 unspecified atom stereocenters. The summed E-state index contributed by atoms with van der Waals surface area (Å²) in [7, 11) is 1.54. The van der Waals surface area contributed by atoms with E-state index in [9.17, 15) is 4.79 Å². The lowest BCUT2D eigenvalue weighted by Gasteiger charge is -2.09. The van der Waals surface area contributed by atoms with Gasteiger partial charge < -0.3 is 15.0 Å². The summed E-state index contributed by atoms with van der Waals surface area (Å²) in [6.07, 6.45) is 1.72. The van der Waals surface area contributed by atoms with Crippen molar-refractivity contribution in [3.05, 3.63) is 72.4 Å². The summed E-state index contributed by atoms with van der Waals surface area (Å²) in [6.45, 7) is 0. The molecule has 0 fully saturated rings. The maximum atomic E-state index is 12.5. The Morgan fingerprint density at radius 3 is 2.73 bits per heavy atom. The number of ether oxygens (including phenoxy) is 1. The van der Waals surface area contributed by atoms with Gasteiger partial charge >= 0.3 is 0 Å². The Morgan fingerprint density at radius 1 is 1.08 bits per heavy atom. The predicted octanol–water partition coefficient (Wildman–Crippen LogP) is 3.89. The fourth-order valence-corrected chi connectivity index (χ4v) is 2.74. The van der Waals surface area contributed by atoms with Crippen LogP contribution in [0.1, 0.15) is 10.4 Å². The van der Waals surface area contributed by atoms with E-state index in [4.69, 9.17) is 4.74 Å². The van der Waals surface area contributed by atoms with Gasteiger partial charge in [-0.2, -0.15) is 0 Å². The van der Waals surface area contributed by atoms with E-state index in [0.717, 1.165) is 16.7 Å². The minimum atomic E-state index is -0.230. The van der Waals surface area contributed by atoms with Crippen molar-refractivity contribution in [2.75, 3.05) is 12.4 Å². The smallest absolute Gasteiger partial charge is 0.259 e. The van der Waals surface area contributed by atoms with Crippen LogP contribution >= 0.6 is 0 Å². The number of pyridine rings is 1. The number of aromatic nitrogens is 3. The molecule has 0 aliphatic rings. The Balaban J connectivity index is 1.62. The number of hydrogen-bond acceptors (Lipinski definition) is 4. The first-order valence-electron chi connectivity index (χ1n) is 8.10. The van der Waals surface area contributed by atoms with Crippen LogP contribution in [0.15, 0.2) is 66.9 Å². The largest absolute Gasteiger partial charge is 0.496 e. The Labute approximate surface area is 149 Å². The number of aromatic amines is 1. The molecule has 2 N–H and O–H groups in total. The van der Waals surface area contributed by atoms with Crippen molar-refractivity contribution in [1.82, 2.24) is 15.0 Å². The van der Waals surface area contributed by atoms with E-state index in [1.165, 1.54) is 0 Å². The van der Waals surface area contributed by atoms with E-state index in [1.807, 2.05) is 42.5 Å². The third kappa shape index (κ3) is 3.00. The van der Waals surface area contributed by atoms with Crippen LogP contribution in [0.2, 0.25) is 0 Å². The highest BCUT2D eigenvalue weighted by Gasteiger charge is 2.13. The van der Waals surface area contributed by atoms with E-state index < -0.39 is 0 Å². The summed E-state index contributed by atoms with van der Waals surface area (Å²) >= 11 is 0. The number of rotatable bonds is 4. The van der Waals surface area contributed by atoms with Gasteiger partial charge in [0.2, 0.25) is 0 Å². The van der Waals surface area contributed by atoms with Gasteiger partial charge in [0.15, 0.2) is 5.82 Å². The van der Waals surface area contributed by atoms with Crippen LogP contribution in [-0.4, -0.2) is 28.0 Å². The van der Waals surface area contributed by atoms with E-state index >= 15 is 0 Å². The molecule has 0 spiro atoms. The highest BCUT2D eigenvalue weighted by molar-refractivity contribution is 6.06. The van der Waals surface area contributed by atoms with Crippen LogP contribution < -0.4 is 10.1 Å². The molecular formula is C20H16N4O2. The van der Waals surface area contributed by atoms with Crippen molar-refractivity contribution >= 4 is 22.6 Å². The number of carbonyl (C=O) groups is 1. The molecule has 2 aromatic carbocycles. The van der Waals surface area contributed by atoms with Crippen molar-refractivity contribution in [1.29, 1.82) is 0 Å². The summed E-state index contributed by atoms with van der Waals surface area (Å²) in [5, 5.41) is 2.89. The fourth-order valence-electron chi connectivity index (χ4n) is 2.74. The molecule has 6 nitrogen and oxygen atoms in total. The molecule has 1 amide bonds. The van der Waals surface area contributed by atoms with Crippen LogP contribution in [0.5, 0.6) is 5.75 Å². The molecule has 0 atom stereocenters. The van der Waals surface area contributed by atoms with Gasteiger partial charge in [-0.3, -0.25) is 9.78 Å². The zero-order valence-corrected chi connectivity index (χ0v) is 14.1. The fraction of sp³-hybridized carbons (Fsp3) is 0.0500. The second-order valence-corrected chi connectivity index (χ2v) is 5.69. The minimum absolute atomic E-state index is 0.230. The van der Waals surface area contributed by atoms with E-state index in [2.05, 4.69) is 20.3 Å². The van der Waals surface area contributed by atoms with Gasteiger partial charge in [-0.25, -0.2) is 4.98 Å². The molecule has 26 heavy (non-hydrogen) atoms. The zero-order chi connectivity index (χ0) is 17.9. The molecule has 4 aromatic rings. The zero-order valence-electron chi connectivity index (χ0n) is 14.1. The number of fused-ring (bicyclic) bond motifs is 1. The second-order valence-electron chi connectivity index (χ2n) is 5.69. The molecule has 0 radical (unpaired) electrons. The molecule has 0 aliphatic carbocycles. The predicted molar refractivity (Wildman–Crippen MR) is 100 cm³/mol. The van der Waals surface area contributed by atoms with E-state index in [-0.39, 0.29) is 5.91 Å². The number of imidazole rings is 1. The molecule has 128 valence electrons. The number of benzene rings is 2. The van der Waals surface area contributed by atoms with Crippen molar-refractivity contribution in [2.24, 2.45) is 0 Å². The number of anilines is 1. The Kier molecular flexibility index (Phi) is 4.07. The van der Waals surface area contributed by atoms with E-state index in [1.54, 1.807) is 31.5 Å². The lowest BCUT2D eigenvalue weighted by molar-refractivity contribution is 0.102. The Morgan fingerprint density at radius 2 is 1.92 bits per heavy atom. The number of carbonyl (C=O) groups excluding carboxylic acids is 1. The van der Waals surface area contributed by atoms with Crippen LogP contribution in [-0.2, 0) is 0 Å². The quantitative estimate of drug-likeness (QED) is 0.589. The topological polar surface area (TPSA) is 79.9 Å². The maximum absolute atomic E-state index is 12.5. The van der Waals surface area contributed by atoms with Crippen molar-refractivity contribution in [3.63, 3.8) is 0 Å². The number of H-pyrrole nitrogens is 1. The third-order valence-electron chi connectivity index (χ3n) is 4.00. The van der Waals surface area contributed by atoms with Gasteiger partial charge in [-0.1, -0.05) is 18.2 Å². The first kappa shape index (κ1) is 15.8. The number of methoxy groups -OCH3 is 1. The van der Waals surface area contributed by atoms with Crippen LogP contribution in [0.3, 0.4) is 0 Å².